The summed E-state index contributed by atoms with van der Waals surface area (Å²) in [6.45, 7) is 0.995. The number of anilines is 2. The maximum Gasteiger partial charge on any atom is 0.337 e. The van der Waals surface area contributed by atoms with Gasteiger partial charge in [-0.1, -0.05) is 6.42 Å². The van der Waals surface area contributed by atoms with Gasteiger partial charge in [0.25, 0.3) is 0 Å². The quantitative estimate of drug-likeness (QED) is 0.656. The molecular formula is C14H20N2O2. The van der Waals surface area contributed by atoms with E-state index in [4.69, 9.17) is 10.5 Å². The van der Waals surface area contributed by atoms with Gasteiger partial charge in [0.15, 0.2) is 0 Å². The number of hydrogen-bond acceptors (Lipinski definition) is 4. The van der Waals surface area contributed by atoms with Gasteiger partial charge in [-0.25, -0.2) is 4.79 Å². The molecule has 1 saturated carbocycles. The Hall–Kier alpha value is -1.71. The van der Waals surface area contributed by atoms with E-state index in [0.29, 0.717) is 11.3 Å². The zero-order chi connectivity index (χ0) is 13.1. The Morgan fingerprint density at radius 3 is 2.78 bits per heavy atom. The van der Waals surface area contributed by atoms with Crippen LogP contribution in [0.15, 0.2) is 18.2 Å². The molecule has 0 bridgehead atoms. The van der Waals surface area contributed by atoms with E-state index in [-0.39, 0.29) is 5.97 Å². The average Bonchev–Trinajstić information content (AvgIpc) is 2.33. The molecule has 0 spiro atoms. The topological polar surface area (TPSA) is 55.6 Å². The second kappa shape index (κ2) is 5.29. The van der Waals surface area contributed by atoms with E-state index in [2.05, 4.69) is 4.90 Å². The summed E-state index contributed by atoms with van der Waals surface area (Å²) in [5, 5.41) is 0. The number of benzene rings is 1. The Balaban J connectivity index is 2.16. The van der Waals surface area contributed by atoms with Crippen molar-refractivity contribution in [1.29, 1.82) is 0 Å². The summed E-state index contributed by atoms with van der Waals surface area (Å²) in [5.74, 6) is 0.435. The number of methoxy groups -OCH3 is 1. The molecule has 1 aliphatic carbocycles. The minimum Gasteiger partial charge on any atom is -0.465 e. The van der Waals surface area contributed by atoms with Crippen LogP contribution in [-0.4, -0.2) is 26.7 Å². The van der Waals surface area contributed by atoms with Crippen molar-refractivity contribution < 1.29 is 9.53 Å². The Labute approximate surface area is 108 Å². The summed E-state index contributed by atoms with van der Waals surface area (Å²) in [7, 11) is 3.40. The van der Waals surface area contributed by atoms with Crippen LogP contribution >= 0.6 is 0 Å². The molecule has 1 aromatic carbocycles. The van der Waals surface area contributed by atoms with E-state index in [9.17, 15) is 4.79 Å². The lowest BCUT2D eigenvalue weighted by molar-refractivity contribution is 0.0601. The third-order valence-electron chi connectivity index (χ3n) is 3.62. The Morgan fingerprint density at radius 1 is 1.50 bits per heavy atom. The molecule has 0 saturated heterocycles. The van der Waals surface area contributed by atoms with Crippen molar-refractivity contribution in [3.63, 3.8) is 0 Å². The molecule has 18 heavy (non-hydrogen) atoms. The first-order valence-electron chi connectivity index (χ1n) is 6.30. The molecule has 0 radical (unpaired) electrons. The van der Waals surface area contributed by atoms with Crippen LogP contribution in [0.1, 0.15) is 29.6 Å². The van der Waals surface area contributed by atoms with Gasteiger partial charge in [-0.15, -0.1) is 0 Å². The minimum atomic E-state index is -0.326. The van der Waals surface area contributed by atoms with Crippen LogP contribution in [0.2, 0.25) is 0 Å². The first kappa shape index (κ1) is 12.7. The van der Waals surface area contributed by atoms with Gasteiger partial charge in [0, 0.05) is 13.6 Å². The fourth-order valence-corrected chi connectivity index (χ4v) is 2.28. The van der Waals surface area contributed by atoms with Crippen molar-refractivity contribution in [1.82, 2.24) is 0 Å². The van der Waals surface area contributed by atoms with Crippen LogP contribution in [0, 0.1) is 5.92 Å². The maximum atomic E-state index is 11.5. The van der Waals surface area contributed by atoms with Gasteiger partial charge >= 0.3 is 5.97 Å². The highest BCUT2D eigenvalue weighted by atomic mass is 16.5. The molecule has 1 aromatic rings. The molecule has 1 aliphatic rings. The van der Waals surface area contributed by atoms with Crippen molar-refractivity contribution >= 4 is 17.3 Å². The molecule has 4 heteroatoms. The van der Waals surface area contributed by atoms with E-state index in [1.54, 1.807) is 18.2 Å². The zero-order valence-corrected chi connectivity index (χ0v) is 11.0. The van der Waals surface area contributed by atoms with Gasteiger partial charge < -0.3 is 15.4 Å². The number of nitrogen functional groups attached to an aromatic ring is 1. The van der Waals surface area contributed by atoms with E-state index in [1.165, 1.54) is 26.4 Å². The van der Waals surface area contributed by atoms with E-state index < -0.39 is 0 Å². The Kier molecular flexibility index (Phi) is 3.75. The van der Waals surface area contributed by atoms with Crippen molar-refractivity contribution in [2.24, 2.45) is 5.92 Å². The molecule has 0 aliphatic heterocycles. The first-order chi connectivity index (χ1) is 8.61. The first-order valence-corrected chi connectivity index (χ1v) is 6.30. The second-order valence-corrected chi connectivity index (χ2v) is 4.94. The van der Waals surface area contributed by atoms with Gasteiger partial charge in [0.05, 0.1) is 24.0 Å². The van der Waals surface area contributed by atoms with Gasteiger partial charge in [-0.3, -0.25) is 0 Å². The number of carbonyl (C=O) groups is 1. The molecule has 2 rings (SSSR count). The van der Waals surface area contributed by atoms with E-state index in [0.717, 1.165) is 18.2 Å². The fraction of sp³-hybridized carbons (Fsp3) is 0.500. The predicted octanol–water partition coefficient (Wildman–Crippen LogP) is 2.29. The average molecular weight is 248 g/mol. The number of nitrogens with zero attached hydrogens (tertiary/aromatic N) is 1. The number of esters is 1. The predicted molar refractivity (Wildman–Crippen MR) is 72.8 cm³/mol. The van der Waals surface area contributed by atoms with Crippen LogP contribution in [0.5, 0.6) is 0 Å². The number of hydrogen-bond donors (Lipinski definition) is 1. The zero-order valence-electron chi connectivity index (χ0n) is 11.0. The molecule has 0 aromatic heterocycles. The molecular weight excluding hydrogens is 228 g/mol. The molecule has 0 atom stereocenters. The van der Waals surface area contributed by atoms with Crippen molar-refractivity contribution in [3.8, 4) is 0 Å². The summed E-state index contributed by atoms with van der Waals surface area (Å²) in [5.41, 5.74) is 8.12. The van der Waals surface area contributed by atoms with Crippen molar-refractivity contribution in [3.05, 3.63) is 23.8 Å². The van der Waals surface area contributed by atoms with Crippen LogP contribution in [0.4, 0.5) is 11.4 Å². The summed E-state index contributed by atoms with van der Waals surface area (Å²) < 4.78 is 4.73. The minimum absolute atomic E-state index is 0.326. The van der Waals surface area contributed by atoms with Crippen LogP contribution in [0.25, 0.3) is 0 Å². The van der Waals surface area contributed by atoms with Gasteiger partial charge in [-0.2, -0.15) is 0 Å². The fourth-order valence-electron chi connectivity index (χ4n) is 2.28. The van der Waals surface area contributed by atoms with Crippen LogP contribution in [0.3, 0.4) is 0 Å². The lowest BCUT2D eigenvalue weighted by Crippen LogP contribution is -2.29. The molecule has 4 nitrogen and oxygen atoms in total. The Morgan fingerprint density at radius 2 is 2.22 bits per heavy atom. The highest BCUT2D eigenvalue weighted by Crippen LogP contribution is 2.30. The van der Waals surface area contributed by atoms with E-state index >= 15 is 0 Å². The Bertz CT molecular complexity index is 441. The third kappa shape index (κ3) is 2.58. The van der Waals surface area contributed by atoms with Crippen LogP contribution in [-0.2, 0) is 4.74 Å². The third-order valence-corrected chi connectivity index (χ3v) is 3.62. The number of rotatable bonds is 4. The smallest absolute Gasteiger partial charge is 0.337 e. The molecule has 0 unspecified atom stereocenters. The van der Waals surface area contributed by atoms with Crippen LogP contribution < -0.4 is 10.6 Å². The summed E-state index contributed by atoms with van der Waals surface area (Å²) in [6, 6.07) is 5.26. The van der Waals surface area contributed by atoms with Gasteiger partial charge in [0.1, 0.15) is 0 Å². The normalized spacial score (nSPS) is 15.0. The summed E-state index contributed by atoms with van der Waals surface area (Å²) in [4.78, 5) is 13.6. The summed E-state index contributed by atoms with van der Waals surface area (Å²) >= 11 is 0. The molecule has 1 fully saturated rings. The van der Waals surface area contributed by atoms with E-state index in [1.807, 2.05) is 7.05 Å². The van der Waals surface area contributed by atoms with Crippen molar-refractivity contribution in [2.75, 3.05) is 31.3 Å². The number of ether oxygens (including phenoxy) is 1. The lowest BCUT2D eigenvalue weighted by atomic mass is 9.85. The van der Waals surface area contributed by atoms with Gasteiger partial charge in [0.2, 0.25) is 0 Å². The van der Waals surface area contributed by atoms with Crippen molar-refractivity contribution in [2.45, 2.75) is 19.3 Å². The van der Waals surface area contributed by atoms with Gasteiger partial charge in [-0.05, 0) is 37.0 Å². The standard InChI is InChI=1S/C14H20N2O2/c1-16(9-10-4-3-5-10)13-8-11(14(17)18-2)6-7-12(13)15/h6-8,10H,3-5,9,15H2,1-2H3. The molecule has 0 amide bonds. The summed E-state index contributed by atoms with van der Waals surface area (Å²) in [6.07, 6.45) is 3.91. The molecule has 0 heterocycles. The lowest BCUT2D eigenvalue weighted by Gasteiger charge is -2.32. The monoisotopic (exact) mass is 248 g/mol. The number of nitrogens with two attached hydrogens (primary N) is 1. The SMILES string of the molecule is COC(=O)c1ccc(N)c(N(C)CC2CCC2)c1. The second-order valence-electron chi connectivity index (χ2n) is 4.94. The molecule has 2 N–H and O–H groups in total. The number of carbonyl (C=O) groups excluding carboxylic acids is 1. The molecule has 98 valence electrons. The highest BCUT2D eigenvalue weighted by molar-refractivity contribution is 5.92. The highest BCUT2D eigenvalue weighted by Gasteiger charge is 2.20. The largest absolute Gasteiger partial charge is 0.465 e. The maximum absolute atomic E-state index is 11.5.